The molecule has 0 bridgehead atoms. The van der Waals surface area contributed by atoms with E-state index >= 15 is 0 Å². The second kappa shape index (κ2) is 5.40. The van der Waals surface area contributed by atoms with E-state index in [9.17, 15) is 9.18 Å². The molecule has 0 saturated heterocycles. The lowest BCUT2D eigenvalue weighted by Crippen LogP contribution is -2.24. The van der Waals surface area contributed by atoms with Gasteiger partial charge in [-0.05, 0) is 22.9 Å². The SMILES string of the molecule is CCCn1nnn(-c2cc(OC)c(Cl)cc2F)c1=O. The van der Waals surface area contributed by atoms with E-state index in [0.29, 0.717) is 6.54 Å². The summed E-state index contributed by atoms with van der Waals surface area (Å²) in [5, 5.41) is 7.45. The van der Waals surface area contributed by atoms with Crippen molar-refractivity contribution < 1.29 is 9.13 Å². The van der Waals surface area contributed by atoms with E-state index in [4.69, 9.17) is 16.3 Å². The van der Waals surface area contributed by atoms with Gasteiger partial charge in [0.15, 0.2) is 5.82 Å². The van der Waals surface area contributed by atoms with E-state index in [1.165, 1.54) is 17.9 Å². The van der Waals surface area contributed by atoms with Gasteiger partial charge >= 0.3 is 5.69 Å². The Labute approximate surface area is 113 Å². The van der Waals surface area contributed by atoms with Crippen LogP contribution in [0, 0.1) is 5.82 Å². The Morgan fingerprint density at radius 2 is 2.16 bits per heavy atom. The fraction of sp³-hybridized carbons (Fsp3) is 0.364. The van der Waals surface area contributed by atoms with Gasteiger partial charge in [-0.3, -0.25) is 0 Å². The number of aryl methyl sites for hydroxylation is 1. The molecule has 0 unspecified atom stereocenters. The molecule has 2 aromatic rings. The van der Waals surface area contributed by atoms with Crippen LogP contribution in [0.15, 0.2) is 16.9 Å². The molecule has 19 heavy (non-hydrogen) atoms. The lowest BCUT2D eigenvalue weighted by atomic mass is 10.3. The quantitative estimate of drug-likeness (QED) is 0.857. The van der Waals surface area contributed by atoms with Gasteiger partial charge in [0.1, 0.15) is 11.4 Å². The van der Waals surface area contributed by atoms with E-state index in [-0.39, 0.29) is 16.5 Å². The maximum absolute atomic E-state index is 13.9. The molecule has 0 aliphatic carbocycles. The number of rotatable bonds is 4. The highest BCUT2D eigenvalue weighted by Crippen LogP contribution is 2.28. The third-order valence-corrected chi connectivity index (χ3v) is 2.82. The Kier molecular flexibility index (Phi) is 3.84. The zero-order chi connectivity index (χ0) is 14.0. The molecule has 8 heteroatoms. The average molecular weight is 287 g/mol. The summed E-state index contributed by atoms with van der Waals surface area (Å²) < 4.78 is 20.9. The van der Waals surface area contributed by atoms with Gasteiger partial charge < -0.3 is 4.74 Å². The first kappa shape index (κ1) is 13.5. The molecule has 102 valence electrons. The number of ether oxygens (including phenoxy) is 1. The van der Waals surface area contributed by atoms with E-state index in [0.717, 1.165) is 17.2 Å². The van der Waals surface area contributed by atoms with Crippen molar-refractivity contribution in [3.05, 3.63) is 33.5 Å². The fourth-order valence-corrected chi connectivity index (χ4v) is 1.84. The Bertz CT molecular complexity index is 653. The number of hydrogen-bond acceptors (Lipinski definition) is 4. The summed E-state index contributed by atoms with van der Waals surface area (Å²) in [5.74, 6) is -0.411. The fourth-order valence-electron chi connectivity index (χ4n) is 1.61. The number of benzene rings is 1. The maximum Gasteiger partial charge on any atom is 0.368 e. The van der Waals surface area contributed by atoms with Crippen molar-refractivity contribution in [2.75, 3.05) is 7.11 Å². The molecule has 0 spiro atoms. The largest absolute Gasteiger partial charge is 0.495 e. The monoisotopic (exact) mass is 286 g/mol. The molecule has 0 N–H and O–H groups in total. The molecule has 0 radical (unpaired) electrons. The van der Waals surface area contributed by atoms with Crippen molar-refractivity contribution in [3.8, 4) is 11.4 Å². The number of hydrogen-bond donors (Lipinski definition) is 0. The van der Waals surface area contributed by atoms with Gasteiger partial charge in [0.25, 0.3) is 0 Å². The maximum atomic E-state index is 13.9. The molecule has 1 aromatic carbocycles. The minimum absolute atomic E-state index is 0.0476. The predicted molar refractivity (Wildman–Crippen MR) is 67.4 cm³/mol. The lowest BCUT2D eigenvalue weighted by Gasteiger charge is -2.06. The minimum Gasteiger partial charge on any atom is -0.495 e. The molecule has 1 heterocycles. The molecule has 0 atom stereocenters. The summed E-state index contributed by atoms with van der Waals surface area (Å²) in [6.07, 6.45) is 0.727. The highest BCUT2D eigenvalue weighted by atomic mass is 35.5. The molecule has 0 aliphatic heterocycles. The molecule has 0 aliphatic rings. The van der Waals surface area contributed by atoms with Crippen LogP contribution < -0.4 is 10.4 Å². The van der Waals surface area contributed by atoms with Crippen molar-refractivity contribution in [1.29, 1.82) is 0 Å². The van der Waals surface area contributed by atoms with Gasteiger partial charge in [-0.2, -0.15) is 9.36 Å². The topological polar surface area (TPSA) is 61.9 Å². The number of nitrogens with zero attached hydrogens (tertiary/aromatic N) is 4. The zero-order valence-electron chi connectivity index (χ0n) is 10.4. The van der Waals surface area contributed by atoms with E-state index in [1.807, 2.05) is 6.92 Å². The molecular weight excluding hydrogens is 275 g/mol. The number of aromatic nitrogens is 4. The summed E-state index contributed by atoms with van der Waals surface area (Å²) in [4.78, 5) is 12.0. The van der Waals surface area contributed by atoms with Crippen LogP contribution in [0.4, 0.5) is 4.39 Å². The van der Waals surface area contributed by atoms with Crippen LogP contribution in [0.2, 0.25) is 5.02 Å². The van der Waals surface area contributed by atoms with E-state index in [1.54, 1.807) is 0 Å². The van der Waals surface area contributed by atoms with Gasteiger partial charge in [0.05, 0.1) is 12.1 Å². The molecular formula is C11H12ClFN4O2. The number of tetrazole rings is 1. The van der Waals surface area contributed by atoms with Gasteiger partial charge in [-0.25, -0.2) is 9.18 Å². The third-order valence-electron chi connectivity index (χ3n) is 2.52. The van der Waals surface area contributed by atoms with Crippen molar-refractivity contribution >= 4 is 11.6 Å². The third kappa shape index (κ3) is 2.46. The lowest BCUT2D eigenvalue weighted by molar-refractivity contribution is 0.413. The summed E-state index contributed by atoms with van der Waals surface area (Å²) in [7, 11) is 1.40. The van der Waals surface area contributed by atoms with Gasteiger partial charge in [0.2, 0.25) is 0 Å². The molecule has 1 aromatic heterocycles. The smallest absolute Gasteiger partial charge is 0.368 e. The minimum atomic E-state index is -0.670. The van der Waals surface area contributed by atoms with Crippen LogP contribution in [0.1, 0.15) is 13.3 Å². The van der Waals surface area contributed by atoms with Crippen LogP contribution >= 0.6 is 11.6 Å². The van der Waals surface area contributed by atoms with E-state index in [2.05, 4.69) is 10.4 Å². The molecule has 2 rings (SSSR count). The molecule has 6 nitrogen and oxygen atoms in total. The van der Waals surface area contributed by atoms with Crippen LogP contribution in [-0.2, 0) is 6.54 Å². The zero-order valence-corrected chi connectivity index (χ0v) is 11.2. The summed E-state index contributed by atoms with van der Waals surface area (Å²) >= 11 is 5.79. The summed E-state index contributed by atoms with van der Waals surface area (Å²) in [6.45, 7) is 2.32. The highest BCUT2D eigenvalue weighted by Gasteiger charge is 2.15. The Hall–Kier alpha value is -1.89. The van der Waals surface area contributed by atoms with Gasteiger partial charge in [-0.15, -0.1) is 0 Å². The van der Waals surface area contributed by atoms with Crippen molar-refractivity contribution in [1.82, 2.24) is 19.8 Å². The van der Waals surface area contributed by atoms with Crippen LogP contribution in [0.5, 0.6) is 5.75 Å². The van der Waals surface area contributed by atoms with E-state index < -0.39 is 11.5 Å². The van der Waals surface area contributed by atoms with Gasteiger partial charge in [-0.1, -0.05) is 18.5 Å². The standard InChI is InChI=1S/C11H12ClFN4O2/c1-3-4-16-11(18)17(15-14-16)9-6-10(19-2)7(12)5-8(9)13/h5-6H,3-4H2,1-2H3. The normalized spacial score (nSPS) is 10.7. The number of halogens is 2. The second-order valence-corrected chi connectivity index (χ2v) is 4.24. The van der Waals surface area contributed by atoms with Crippen molar-refractivity contribution in [3.63, 3.8) is 0 Å². The van der Waals surface area contributed by atoms with Crippen molar-refractivity contribution in [2.24, 2.45) is 0 Å². The van der Waals surface area contributed by atoms with Crippen LogP contribution in [0.3, 0.4) is 0 Å². The summed E-state index contributed by atoms with van der Waals surface area (Å²) in [6, 6.07) is 2.38. The van der Waals surface area contributed by atoms with Crippen molar-refractivity contribution in [2.45, 2.75) is 19.9 Å². The molecule has 0 amide bonds. The predicted octanol–water partition coefficient (Wildman–Crippen LogP) is 1.64. The Morgan fingerprint density at radius 1 is 1.42 bits per heavy atom. The Morgan fingerprint density at radius 3 is 2.79 bits per heavy atom. The first-order valence-corrected chi connectivity index (χ1v) is 6.02. The average Bonchev–Trinajstić information content (AvgIpc) is 2.72. The van der Waals surface area contributed by atoms with Crippen LogP contribution in [0.25, 0.3) is 5.69 Å². The molecule has 0 fully saturated rings. The second-order valence-electron chi connectivity index (χ2n) is 3.83. The Balaban J connectivity index is 2.56. The van der Waals surface area contributed by atoms with Gasteiger partial charge in [0, 0.05) is 12.6 Å². The molecule has 0 saturated carbocycles. The highest BCUT2D eigenvalue weighted by molar-refractivity contribution is 6.32. The first-order valence-electron chi connectivity index (χ1n) is 5.64. The summed E-state index contributed by atoms with van der Waals surface area (Å²) in [5.41, 5.74) is -0.557. The first-order chi connectivity index (χ1) is 9.08. The number of methoxy groups -OCH3 is 1. The van der Waals surface area contributed by atoms with Crippen LogP contribution in [-0.4, -0.2) is 26.9 Å².